The third-order valence-corrected chi connectivity index (χ3v) is 11.6. The number of carbonyl (C=O) groups is 2. The standard InChI is InChI=1S/C61H104O5/c1-4-7-10-13-16-19-22-25-28-30-31-33-34-36-39-42-45-48-51-54-60(62)65-58-59(57-64-56-53-50-47-44-41-38-27-24-21-18-15-12-9-6-3)66-61(63)55-52-49-46-43-40-37-35-32-29-26-23-20-17-14-11-8-5-2/h7-8,10-11,16-17,19-21,24-26,28-29,31,33,59H,4-6,9,12-15,18,22-23,27,30,32,34-58H2,1-3H3/b10-7-,11-8-,19-16-,20-17-,24-21-,28-25-,29-26-,33-31-. The molecule has 0 spiro atoms. The SMILES string of the molecule is CC/C=C\C/C=C\C/C=C\C/C=C\CCCCCCCCC(=O)OCC(COCCCCCCCC/C=C\CCCCCC)OC(=O)CCCCCCCCC/C=C\C/C=C\C/C=C\CC. The molecule has 0 aliphatic rings. The van der Waals surface area contributed by atoms with E-state index in [9.17, 15) is 9.59 Å². The molecule has 0 radical (unpaired) electrons. The first kappa shape index (κ1) is 62.8. The highest BCUT2D eigenvalue weighted by Crippen LogP contribution is 2.14. The molecule has 0 aliphatic heterocycles. The quantitative estimate of drug-likeness (QED) is 0.0346. The number of hydrogen-bond donors (Lipinski definition) is 0. The number of allylic oxidation sites excluding steroid dienone is 16. The van der Waals surface area contributed by atoms with Gasteiger partial charge in [0.25, 0.3) is 0 Å². The zero-order valence-electron chi connectivity index (χ0n) is 43.4. The lowest BCUT2D eigenvalue weighted by Gasteiger charge is -2.18. The van der Waals surface area contributed by atoms with Gasteiger partial charge >= 0.3 is 11.9 Å². The summed E-state index contributed by atoms with van der Waals surface area (Å²) >= 11 is 0. The molecule has 0 aromatic heterocycles. The summed E-state index contributed by atoms with van der Waals surface area (Å²) < 4.78 is 17.4. The molecule has 0 aliphatic carbocycles. The third kappa shape index (κ3) is 53.4. The van der Waals surface area contributed by atoms with E-state index in [1.54, 1.807) is 0 Å². The van der Waals surface area contributed by atoms with Crippen LogP contribution in [0.25, 0.3) is 0 Å². The van der Waals surface area contributed by atoms with Crippen molar-refractivity contribution in [2.45, 2.75) is 258 Å². The summed E-state index contributed by atoms with van der Waals surface area (Å²) in [4.78, 5) is 25.5. The Labute approximate surface area is 409 Å². The Morgan fingerprint density at radius 2 is 0.682 bits per heavy atom. The minimum Gasteiger partial charge on any atom is -0.462 e. The van der Waals surface area contributed by atoms with Crippen LogP contribution in [-0.4, -0.2) is 37.9 Å². The Bertz CT molecular complexity index is 1270. The summed E-state index contributed by atoms with van der Waals surface area (Å²) in [6, 6.07) is 0. The van der Waals surface area contributed by atoms with E-state index in [2.05, 4.69) is 118 Å². The van der Waals surface area contributed by atoms with Crippen molar-refractivity contribution in [3.63, 3.8) is 0 Å². The van der Waals surface area contributed by atoms with E-state index in [0.29, 0.717) is 19.4 Å². The minimum atomic E-state index is -0.556. The second kappa shape index (κ2) is 56.1. The van der Waals surface area contributed by atoms with Crippen molar-refractivity contribution >= 4 is 11.9 Å². The molecule has 1 unspecified atom stereocenters. The zero-order chi connectivity index (χ0) is 47.7. The summed E-state index contributed by atoms with van der Waals surface area (Å²) in [5.74, 6) is -0.427. The number of rotatable bonds is 50. The lowest BCUT2D eigenvalue weighted by Crippen LogP contribution is -2.30. The Hall–Kier alpha value is -3.18. The molecule has 0 heterocycles. The van der Waals surface area contributed by atoms with Crippen LogP contribution in [0.2, 0.25) is 0 Å². The predicted octanol–water partition coefficient (Wildman–Crippen LogP) is 19.0. The number of carbonyl (C=O) groups excluding carboxylic acids is 2. The maximum atomic E-state index is 12.8. The predicted molar refractivity (Wildman–Crippen MR) is 288 cm³/mol. The van der Waals surface area contributed by atoms with E-state index in [1.165, 1.54) is 109 Å². The van der Waals surface area contributed by atoms with Crippen molar-refractivity contribution in [3.8, 4) is 0 Å². The first-order valence-corrected chi connectivity index (χ1v) is 27.8. The van der Waals surface area contributed by atoms with Gasteiger partial charge in [0.15, 0.2) is 6.10 Å². The summed E-state index contributed by atoms with van der Waals surface area (Å²) in [5.41, 5.74) is 0. The van der Waals surface area contributed by atoms with Gasteiger partial charge in [0.05, 0.1) is 6.61 Å². The molecule has 0 aromatic rings. The molecule has 0 fully saturated rings. The van der Waals surface area contributed by atoms with Crippen LogP contribution in [0.5, 0.6) is 0 Å². The summed E-state index contributed by atoms with van der Waals surface area (Å²) in [6.45, 7) is 7.56. The molecule has 0 amide bonds. The van der Waals surface area contributed by atoms with Crippen molar-refractivity contribution in [2.24, 2.45) is 0 Å². The van der Waals surface area contributed by atoms with E-state index in [4.69, 9.17) is 14.2 Å². The van der Waals surface area contributed by atoms with Crippen LogP contribution < -0.4 is 0 Å². The highest BCUT2D eigenvalue weighted by molar-refractivity contribution is 5.70. The van der Waals surface area contributed by atoms with Gasteiger partial charge in [-0.2, -0.15) is 0 Å². The monoisotopic (exact) mass is 917 g/mol. The Balaban J connectivity index is 4.33. The lowest BCUT2D eigenvalue weighted by molar-refractivity contribution is -0.163. The van der Waals surface area contributed by atoms with Gasteiger partial charge in [-0.15, -0.1) is 0 Å². The van der Waals surface area contributed by atoms with E-state index in [0.717, 1.165) is 109 Å². The molecule has 0 saturated carbocycles. The number of unbranched alkanes of at least 4 members (excludes halogenated alkanes) is 23. The highest BCUT2D eigenvalue weighted by atomic mass is 16.6. The van der Waals surface area contributed by atoms with Crippen molar-refractivity contribution in [1.29, 1.82) is 0 Å². The molecule has 0 bridgehead atoms. The number of ether oxygens (including phenoxy) is 3. The second-order valence-corrected chi connectivity index (χ2v) is 18.1. The topological polar surface area (TPSA) is 61.8 Å². The normalized spacial score (nSPS) is 13.0. The molecule has 0 saturated heterocycles. The summed E-state index contributed by atoms with van der Waals surface area (Å²) in [5, 5.41) is 0. The third-order valence-electron chi connectivity index (χ3n) is 11.6. The van der Waals surface area contributed by atoms with Crippen LogP contribution in [0, 0.1) is 0 Å². The lowest BCUT2D eigenvalue weighted by atomic mass is 10.1. The average Bonchev–Trinajstić information content (AvgIpc) is 3.32. The van der Waals surface area contributed by atoms with Crippen molar-refractivity contribution in [1.82, 2.24) is 0 Å². The van der Waals surface area contributed by atoms with E-state index >= 15 is 0 Å². The van der Waals surface area contributed by atoms with E-state index < -0.39 is 6.10 Å². The van der Waals surface area contributed by atoms with E-state index in [-0.39, 0.29) is 25.2 Å². The average molecular weight is 917 g/mol. The fraction of sp³-hybridized carbons (Fsp3) is 0.705. The zero-order valence-corrected chi connectivity index (χ0v) is 43.4. The van der Waals surface area contributed by atoms with Crippen molar-refractivity contribution in [3.05, 3.63) is 97.2 Å². The maximum absolute atomic E-state index is 12.8. The summed E-state index contributed by atoms with van der Waals surface area (Å²) in [7, 11) is 0. The van der Waals surface area contributed by atoms with Gasteiger partial charge < -0.3 is 14.2 Å². The number of esters is 2. The van der Waals surface area contributed by atoms with Gasteiger partial charge in [-0.25, -0.2) is 0 Å². The highest BCUT2D eigenvalue weighted by Gasteiger charge is 2.17. The summed E-state index contributed by atoms with van der Waals surface area (Å²) in [6.07, 6.45) is 75.6. The molecule has 5 heteroatoms. The van der Waals surface area contributed by atoms with Crippen LogP contribution in [-0.2, 0) is 23.8 Å². The van der Waals surface area contributed by atoms with Crippen LogP contribution in [0.3, 0.4) is 0 Å². The fourth-order valence-corrected chi connectivity index (χ4v) is 7.51. The Morgan fingerprint density at radius 3 is 1.11 bits per heavy atom. The molecule has 0 rings (SSSR count). The van der Waals surface area contributed by atoms with Crippen LogP contribution in [0.1, 0.15) is 252 Å². The molecular weight excluding hydrogens is 813 g/mol. The van der Waals surface area contributed by atoms with Gasteiger partial charge in [-0.05, 0) is 116 Å². The van der Waals surface area contributed by atoms with Crippen LogP contribution in [0.15, 0.2) is 97.2 Å². The van der Waals surface area contributed by atoms with Gasteiger partial charge in [0.2, 0.25) is 0 Å². The van der Waals surface area contributed by atoms with Gasteiger partial charge in [-0.3, -0.25) is 9.59 Å². The molecule has 378 valence electrons. The van der Waals surface area contributed by atoms with Crippen LogP contribution in [0.4, 0.5) is 0 Å². The Morgan fingerprint density at radius 1 is 0.348 bits per heavy atom. The van der Waals surface area contributed by atoms with Gasteiger partial charge in [0, 0.05) is 19.4 Å². The first-order chi connectivity index (χ1) is 32.6. The fourth-order valence-electron chi connectivity index (χ4n) is 7.51. The minimum absolute atomic E-state index is 0.0671. The molecule has 0 N–H and O–H groups in total. The molecular formula is C61H104O5. The smallest absolute Gasteiger partial charge is 0.306 e. The van der Waals surface area contributed by atoms with Crippen molar-refractivity contribution < 1.29 is 23.8 Å². The number of hydrogen-bond acceptors (Lipinski definition) is 5. The molecule has 5 nitrogen and oxygen atoms in total. The van der Waals surface area contributed by atoms with Gasteiger partial charge in [-0.1, -0.05) is 221 Å². The second-order valence-electron chi connectivity index (χ2n) is 18.1. The van der Waals surface area contributed by atoms with E-state index in [1.807, 2.05) is 0 Å². The molecule has 0 aromatic carbocycles. The van der Waals surface area contributed by atoms with Gasteiger partial charge in [0.1, 0.15) is 6.61 Å². The maximum Gasteiger partial charge on any atom is 0.306 e. The largest absolute Gasteiger partial charge is 0.462 e. The van der Waals surface area contributed by atoms with Crippen LogP contribution >= 0.6 is 0 Å². The van der Waals surface area contributed by atoms with Crippen molar-refractivity contribution in [2.75, 3.05) is 19.8 Å². The Kier molecular flexibility index (Phi) is 53.4. The molecule has 66 heavy (non-hydrogen) atoms. The molecule has 1 atom stereocenters. The first-order valence-electron chi connectivity index (χ1n) is 27.8.